The first kappa shape index (κ1) is 14.1. The molecule has 0 aromatic rings. The maximum Gasteiger partial charge on any atom is 0.311 e. The van der Waals surface area contributed by atoms with Crippen LogP contribution in [0.3, 0.4) is 0 Å². The predicted molar refractivity (Wildman–Crippen MR) is 59.5 cm³/mol. The van der Waals surface area contributed by atoms with Gasteiger partial charge in [0, 0.05) is 6.42 Å². The van der Waals surface area contributed by atoms with E-state index in [1.54, 1.807) is 6.92 Å². The van der Waals surface area contributed by atoms with Gasteiger partial charge in [0.2, 0.25) is 0 Å². The summed E-state index contributed by atoms with van der Waals surface area (Å²) in [5.74, 6) is -0.191. The van der Waals surface area contributed by atoms with Crippen LogP contribution < -0.4 is 0 Å². The molecular formula is C12H22O3. The Balaban J connectivity index is 4.47. The van der Waals surface area contributed by atoms with Crippen molar-refractivity contribution in [2.24, 2.45) is 10.8 Å². The summed E-state index contributed by atoms with van der Waals surface area (Å²) in [5.41, 5.74) is -0.680. The van der Waals surface area contributed by atoms with Gasteiger partial charge in [0.05, 0.1) is 12.0 Å². The number of ether oxygens (including phenoxy) is 1. The third-order valence-electron chi connectivity index (χ3n) is 2.38. The number of hydrogen-bond acceptors (Lipinski definition) is 3. The normalized spacial score (nSPS) is 12.3. The lowest BCUT2D eigenvalue weighted by atomic mass is 9.73. The minimum absolute atomic E-state index is 0.155. The van der Waals surface area contributed by atoms with Gasteiger partial charge in [-0.15, -0.1) is 0 Å². The van der Waals surface area contributed by atoms with Crippen LogP contribution in [-0.4, -0.2) is 18.9 Å². The highest BCUT2D eigenvalue weighted by Gasteiger charge is 2.35. The number of hydrogen-bond donors (Lipinski definition) is 0. The largest absolute Gasteiger partial charge is 0.466 e. The molecule has 3 nitrogen and oxygen atoms in total. The van der Waals surface area contributed by atoms with Crippen LogP contribution in [0.2, 0.25) is 0 Å². The average molecular weight is 214 g/mol. The molecule has 0 saturated heterocycles. The first-order valence-corrected chi connectivity index (χ1v) is 5.36. The van der Waals surface area contributed by atoms with Gasteiger partial charge in [-0.1, -0.05) is 13.8 Å². The molecule has 0 aliphatic heterocycles. The Morgan fingerprint density at radius 3 is 2.20 bits per heavy atom. The van der Waals surface area contributed by atoms with Crippen LogP contribution in [0.25, 0.3) is 0 Å². The van der Waals surface area contributed by atoms with Gasteiger partial charge in [0.25, 0.3) is 0 Å². The molecule has 15 heavy (non-hydrogen) atoms. The molecule has 0 bridgehead atoms. The molecule has 0 atom stereocenters. The van der Waals surface area contributed by atoms with Gasteiger partial charge in [0.1, 0.15) is 6.29 Å². The van der Waals surface area contributed by atoms with Crippen LogP contribution in [-0.2, 0) is 14.3 Å². The highest BCUT2D eigenvalue weighted by Crippen LogP contribution is 2.36. The summed E-state index contributed by atoms with van der Waals surface area (Å²) < 4.78 is 5.00. The van der Waals surface area contributed by atoms with Crippen LogP contribution in [0.1, 0.15) is 47.5 Å². The lowest BCUT2D eigenvalue weighted by molar-refractivity contribution is -0.155. The molecule has 0 aromatic carbocycles. The Morgan fingerprint density at radius 1 is 1.27 bits per heavy atom. The summed E-state index contributed by atoms with van der Waals surface area (Å²) in [6, 6.07) is 0. The summed E-state index contributed by atoms with van der Waals surface area (Å²) in [6.45, 7) is 9.89. The molecule has 0 aliphatic carbocycles. The topological polar surface area (TPSA) is 43.4 Å². The van der Waals surface area contributed by atoms with E-state index in [1.807, 2.05) is 27.7 Å². The van der Waals surface area contributed by atoms with Crippen molar-refractivity contribution < 1.29 is 14.3 Å². The van der Waals surface area contributed by atoms with E-state index >= 15 is 0 Å². The molecule has 0 spiro atoms. The molecule has 0 radical (unpaired) electrons. The molecule has 0 amide bonds. The van der Waals surface area contributed by atoms with Crippen molar-refractivity contribution in [2.75, 3.05) is 6.61 Å². The second-order valence-electron chi connectivity index (χ2n) is 5.32. The van der Waals surface area contributed by atoms with Gasteiger partial charge in [0.15, 0.2) is 0 Å². The van der Waals surface area contributed by atoms with Gasteiger partial charge >= 0.3 is 5.97 Å². The summed E-state index contributed by atoms with van der Waals surface area (Å²) >= 11 is 0. The first-order valence-electron chi connectivity index (χ1n) is 5.36. The molecule has 0 fully saturated rings. The zero-order chi connectivity index (χ0) is 12.1. The Hall–Kier alpha value is -0.860. The van der Waals surface area contributed by atoms with Crippen molar-refractivity contribution in [1.29, 1.82) is 0 Å². The Morgan fingerprint density at radius 2 is 1.80 bits per heavy atom. The van der Waals surface area contributed by atoms with Crippen molar-refractivity contribution in [1.82, 2.24) is 0 Å². The molecule has 0 aliphatic rings. The SMILES string of the molecule is CCOC(=O)C(C)(C)CC(C)(C)CC=O. The Bertz CT molecular complexity index is 229. The number of esters is 1. The fraction of sp³-hybridized carbons (Fsp3) is 0.833. The maximum absolute atomic E-state index is 11.6. The van der Waals surface area contributed by atoms with Crippen molar-refractivity contribution in [3.63, 3.8) is 0 Å². The number of carbonyl (C=O) groups excluding carboxylic acids is 2. The molecule has 0 heterocycles. The van der Waals surface area contributed by atoms with E-state index in [0.29, 0.717) is 19.4 Å². The molecular weight excluding hydrogens is 192 g/mol. The number of carbonyl (C=O) groups is 2. The fourth-order valence-corrected chi connectivity index (χ4v) is 1.89. The maximum atomic E-state index is 11.6. The zero-order valence-corrected chi connectivity index (χ0v) is 10.4. The quantitative estimate of drug-likeness (QED) is 0.504. The van der Waals surface area contributed by atoms with E-state index in [1.165, 1.54) is 0 Å². The van der Waals surface area contributed by atoms with Crippen molar-refractivity contribution >= 4 is 12.3 Å². The van der Waals surface area contributed by atoms with Crippen molar-refractivity contribution in [2.45, 2.75) is 47.5 Å². The van der Waals surface area contributed by atoms with E-state index in [4.69, 9.17) is 4.74 Å². The summed E-state index contributed by atoms with van der Waals surface area (Å²) in [6.07, 6.45) is 2.02. The monoisotopic (exact) mass is 214 g/mol. The lowest BCUT2D eigenvalue weighted by Crippen LogP contribution is -2.32. The molecule has 0 saturated carbocycles. The second-order valence-corrected chi connectivity index (χ2v) is 5.32. The average Bonchev–Trinajstić information content (AvgIpc) is 2.01. The molecule has 0 unspecified atom stereocenters. The third kappa shape index (κ3) is 4.96. The fourth-order valence-electron chi connectivity index (χ4n) is 1.89. The van der Waals surface area contributed by atoms with Gasteiger partial charge in [-0.3, -0.25) is 4.79 Å². The standard InChI is InChI=1S/C12H22O3/c1-6-15-10(14)12(4,5)9-11(2,3)7-8-13/h8H,6-7,9H2,1-5H3. The Kier molecular flexibility index (Phi) is 4.98. The van der Waals surface area contributed by atoms with Crippen molar-refractivity contribution in [3.05, 3.63) is 0 Å². The van der Waals surface area contributed by atoms with E-state index in [2.05, 4.69) is 0 Å². The molecule has 0 rings (SSSR count). The van der Waals surface area contributed by atoms with E-state index in [9.17, 15) is 9.59 Å². The van der Waals surface area contributed by atoms with E-state index in [0.717, 1.165) is 6.29 Å². The molecule has 0 N–H and O–H groups in total. The second kappa shape index (κ2) is 5.29. The smallest absolute Gasteiger partial charge is 0.311 e. The highest BCUT2D eigenvalue weighted by atomic mass is 16.5. The number of aldehydes is 1. The van der Waals surface area contributed by atoms with Crippen LogP contribution >= 0.6 is 0 Å². The highest BCUT2D eigenvalue weighted by molar-refractivity contribution is 5.76. The van der Waals surface area contributed by atoms with Gasteiger partial charge in [-0.05, 0) is 32.6 Å². The van der Waals surface area contributed by atoms with Gasteiger partial charge < -0.3 is 9.53 Å². The van der Waals surface area contributed by atoms with Crippen LogP contribution in [0, 0.1) is 10.8 Å². The first-order chi connectivity index (χ1) is 6.75. The lowest BCUT2D eigenvalue weighted by Gasteiger charge is -2.31. The minimum atomic E-state index is -0.525. The Labute approximate surface area is 92.2 Å². The van der Waals surface area contributed by atoms with E-state index in [-0.39, 0.29) is 11.4 Å². The van der Waals surface area contributed by atoms with Gasteiger partial charge in [-0.2, -0.15) is 0 Å². The summed E-state index contributed by atoms with van der Waals surface area (Å²) in [7, 11) is 0. The minimum Gasteiger partial charge on any atom is -0.466 e. The summed E-state index contributed by atoms with van der Waals surface area (Å²) in [4.78, 5) is 22.1. The van der Waals surface area contributed by atoms with Crippen LogP contribution in [0.5, 0.6) is 0 Å². The molecule has 3 heteroatoms. The van der Waals surface area contributed by atoms with Crippen LogP contribution in [0.15, 0.2) is 0 Å². The predicted octanol–water partition coefficient (Wildman–Crippen LogP) is 2.58. The zero-order valence-electron chi connectivity index (χ0n) is 10.4. The summed E-state index contributed by atoms with van der Waals surface area (Å²) in [5, 5.41) is 0. The molecule has 0 aromatic heterocycles. The molecule has 88 valence electrons. The van der Waals surface area contributed by atoms with Crippen LogP contribution in [0.4, 0.5) is 0 Å². The van der Waals surface area contributed by atoms with Crippen molar-refractivity contribution in [3.8, 4) is 0 Å². The van der Waals surface area contributed by atoms with E-state index < -0.39 is 5.41 Å². The van der Waals surface area contributed by atoms with Gasteiger partial charge in [-0.25, -0.2) is 0 Å². The third-order valence-corrected chi connectivity index (χ3v) is 2.38. The number of rotatable bonds is 6.